The smallest absolute Gasteiger partial charge is 0.221 e. The van der Waals surface area contributed by atoms with Gasteiger partial charge in [-0.25, -0.2) is 0 Å². The number of rotatable bonds is 9. The number of carbonyl (C=O) groups is 1. The number of amides is 1. The van der Waals surface area contributed by atoms with Crippen molar-refractivity contribution in [2.24, 2.45) is 5.73 Å². The number of nitrogens with two attached hydrogens (primary N) is 1. The Morgan fingerprint density at radius 3 is 1.81 bits per heavy atom. The van der Waals surface area contributed by atoms with Crippen molar-refractivity contribution in [3.8, 4) is 0 Å². The summed E-state index contributed by atoms with van der Waals surface area (Å²) in [5.74, 6) is 0.153. The van der Waals surface area contributed by atoms with Crippen LogP contribution < -0.4 is 5.73 Å². The van der Waals surface area contributed by atoms with Gasteiger partial charge in [0.1, 0.15) is 5.60 Å². The van der Waals surface area contributed by atoms with Crippen molar-refractivity contribution in [3.05, 3.63) is 107 Å². The van der Waals surface area contributed by atoms with E-state index in [2.05, 4.69) is 45.9 Å². The molecule has 0 bridgehead atoms. The van der Waals surface area contributed by atoms with Gasteiger partial charge in [0.2, 0.25) is 5.91 Å². The predicted octanol–water partition coefficient (Wildman–Crippen LogP) is 6.27. The van der Waals surface area contributed by atoms with Crippen molar-refractivity contribution in [1.29, 1.82) is 0 Å². The molecule has 0 aliphatic carbocycles. The molecule has 3 nitrogen and oxygen atoms in total. The van der Waals surface area contributed by atoms with E-state index in [0.717, 1.165) is 16.7 Å². The highest BCUT2D eigenvalue weighted by Crippen LogP contribution is 2.45. The Morgan fingerprint density at radius 2 is 1.32 bits per heavy atom. The summed E-state index contributed by atoms with van der Waals surface area (Å²) in [6.07, 6.45) is 0.0767. The van der Waals surface area contributed by atoms with E-state index in [-0.39, 0.29) is 24.2 Å². The normalized spacial score (nSPS) is 13.4. The Labute approximate surface area is 186 Å². The number of hydrogen-bond donors (Lipinski definition) is 1. The van der Waals surface area contributed by atoms with E-state index < -0.39 is 5.60 Å². The molecule has 162 valence electrons. The lowest BCUT2D eigenvalue weighted by molar-refractivity contribution is -0.125. The lowest BCUT2D eigenvalue weighted by atomic mass is 9.74. The molecule has 0 aromatic heterocycles. The van der Waals surface area contributed by atoms with Gasteiger partial charge >= 0.3 is 0 Å². The molecule has 0 saturated heterocycles. The molecular weight excluding hydrogens is 382 g/mol. The van der Waals surface area contributed by atoms with Crippen LogP contribution in [-0.2, 0) is 21.7 Å². The van der Waals surface area contributed by atoms with Gasteiger partial charge in [-0.05, 0) is 39.7 Å². The van der Waals surface area contributed by atoms with Crippen LogP contribution in [0.15, 0.2) is 78.9 Å². The van der Waals surface area contributed by atoms with Crippen LogP contribution in [0.5, 0.6) is 0 Å². The van der Waals surface area contributed by atoms with Crippen molar-refractivity contribution in [3.63, 3.8) is 0 Å². The highest BCUT2D eigenvalue weighted by Gasteiger charge is 2.41. The molecule has 3 aromatic rings. The van der Waals surface area contributed by atoms with Crippen LogP contribution in [-0.4, -0.2) is 5.91 Å². The Balaban J connectivity index is 2.30. The minimum atomic E-state index is -0.969. The van der Waals surface area contributed by atoms with Gasteiger partial charge in [-0.2, -0.15) is 0 Å². The zero-order chi connectivity index (χ0) is 22.4. The number of carbonyl (C=O) groups excluding carboxylic acids is 1. The summed E-state index contributed by atoms with van der Waals surface area (Å²) in [7, 11) is 0. The Morgan fingerprint density at radius 1 is 0.806 bits per heavy atom. The average Bonchev–Trinajstić information content (AvgIpc) is 2.77. The molecule has 0 heterocycles. The number of primary amides is 1. The quantitative estimate of drug-likeness (QED) is 0.448. The Kier molecular flexibility index (Phi) is 7.29. The summed E-state index contributed by atoms with van der Waals surface area (Å²) in [6.45, 7) is 9.10. The zero-order valence-electron chi connectivity index (χ0n) is 19.0. The van der Waals surface area contributed by atoms with Gasteiger partial charge in [0, 0.05) is 0 Å². The molecule has 1 atom stereocenters. The van der Waals surface area contributed by atoms with Gasteiger partial charge < -0.3 is 10.5 Å². The van der Waals surface area contributed by atoms with Crippen LogP contribution in [0.3, 0.4) is 0 Å². The summed E-state index contributed by atoms with van der Waals surface area (Å²) in [6, 6.07) is 26.5. The molecule has 0 radical (unpaired) electrons. The fourth-order valence-electron chi connectivity index (χ4n) is 4.29. The van der Waals surface area contributed by atoms with Gasteiger partial charge in [0.25, 0.3) is 0 Å². The first-order valence-electron chi connectivity index (χ1n) is 11.0. The van der Waals surface area contributed by atoms with Crippen molar-refractivity contribution < 1.29 is 9.53 Å². The standard InChI is InChI=1S/C28H33NO2/c1-20(2)24-16-11-17-25(21(3)4)27(24)28(18-26(29)30,23-14-9-6-10-15-23)31-19-22-12-7-5-8-13-22/h5-17,20-21H,18-19H2,1-4H3,(H2,29,30). The van der Waals surface area contributed by atoms with Gasteiger partial charge in [-0.1, -0.05) is 107 Å². The molecule has 3 heteroatoms. The van der Waals surface area contributed by atoms with Crippen molar-refractivity contribution >= 4 is 5.91 Å². The second-order valence-corrected chi connectivity index (χ2v) is 8.73. The first-order valence-corrected chi connectivity index (χ1v) is 11.0. The maximum atomic E-state index is 12.5. The third kappa shape index (κ3) is 5.05. The monoisotopic (exact) mass is 415 g/mol. The topological polar surface area (TPSA) is 52.3 Å². The second kappa shape index (κ2) is 9.93. The largest absolute Gasteiger partial charge is 0.370 e. The molecule has 1 unspecified atom stereocenters. The minimum Gasteiger partial charge on any atom is -0.370 e. The van der Waals surface area contributed by atoms with E-state index in [9.17, 15) is 4.79 Å². The Bertz CT molecular complexity index is 970. The van der Waals surface area contributed by atoms with E-state index in [1.54, 1.807) is 0 Å². The van der Waals surface area contributed by atoms with Crippen molar-refractivity contribution in [2.45, 2.75) is 58.2 Å². The van der Waals surface area contributed by atoms with Gasteiger partial charge in [0.15, 0.2) is 0 Å². The lowest BCUT2D eigenvalue weighted by Gasteiger charge is -2.39. The van der Waals surface area contributed by atoms with E-state index in [1.165, 1.54) is 11.1 Å². The molecule has 31 heavy (non-hydrogen) atoms. The van der Waals surface area contributed by atoms with Crippen molar-refractivity contribution in [1.82, 2.24) is 0 Å². The summed E-state index contributed by atoms with van der Waals surface area (Å²) >= 11 is 0. The van der Waals surface area contributed by atoms with Gasteiger partial charge in [-0.3, -0.25) is 4.79 Å². The molecule has 3 rings (SSSR count). The summed E-state index contributed by atoms with van der Waals surface area (Å²) in [4.78, 5) is 12.5. The van der Waals surface area contributed by atoms with Gasteiger partial charge in [-0.15, -0.1) is 0 Å². The number of hydrogen-bond acceptors (Lipinski definition) is 2. The van der Waals surface area contributed by atoms with Gasteiger partial charge in [0.05, 0.1) is 13.0 Å². The number of ether oxygens (including phenoxy) is 1. The maximum Gasteiger partial charge on any atom is 0.221 e. The molecule has 0 spiro atoms. The fourth-order valence-corrected chi connectivity index (χ4v) is 4.29. The minimum absolute atomic E-state index is 0.0767. The third-order valence-corrected chi connectivity index (χ3v) is 5.77. The van der Waals surface area contributed by atoms with E-state index in [4.69, 9.17) is 10.5 Å². The van der Waals surface area contributed by atoms with Crippen LogP contribution in [0.1, 0.15) is 73.8 Å². The van der Waals surface area contributed by atoms with Crippen LogP contribution in [0.2, 0.25) is 0 Å². The van der Waals surface area contributed by atoms with Crippen LogP contribution >= 0.6 is 0 Å². The number of benzene rings is 3. The first kappa shape index (κ1) is 22.8. The first-order chi connectivity index (χ1) is 14.8. The molecule has 0 aliphatic heterocycles. The fraction of sp³-hybridized carbons (Fsp3) is 0.321. The SMILES string of the molecule is CC(C)c1cccc(C(C)C)c1C(CC(N)=O)(OCc1ccccc1)c1ccccc1. The van der Waals surface area contributed by atoms with Crippen LogP contribution in [0.4, 0.5) is 0 Å². The third-order valence-electron chi connectivity index (χ3n) is 5.77. The van der Waals surface area contributed by atoms with Crippen LogP contribution in [0.25, 0.3) is 0 Å². The average molecular weight is 416 g/mol. The molecule has 3 aromatic carbocycles. The summed E-state index contributed by atoms with van der Waals surface area (Å²) in [5, 5.41) is 0. The van der Waals surface area contributed by atoms with Crippen molar-refractivity contribution in [2.75, 3.05) is 0 Å². The molecule has 2 N–H and O–H groups in total. The molecule has 0 saturated carbocycles. The predicted molar refractivity (Wildman–Crippen MR) is 127 cm³/mol. The van der Waals surface area contributed by atoms with Crippen LogP contribution in [0, 0.1) is 0 Å². The highest BCUT2D eigenvalue weighted by atomic mass is 16.5. The molecule has 0 fully saturated rings. The molecule has 0 aliphatic rings. The Hall–Kier alpha value is -2.91. The summed E-state index contributed by atoms with van der Waals surface area (Å²) < 4.78 is 6.78. The molecular formula is C28H33NO2. The molecule has 1 amide bonds. The summed E-state index contributed by atoms with van der Waals surface area (Å²) in [5.41, 5.74) is 10.3. The van der Waals surface area contributed by atoms with E-state index >= 15 is 0 Å². The maximum absolute atomic E-state index is 12.5. The van der Waals surface area contributed by atoms with E-state index in [0.29, 0.717) is 6.61 Å². The van der Waals surface area contributed by atoms with E-state index in [1.807, 2.05) is 60.7 Å². The second-order valence-electron chi connectivity index (χ2n) is 8.73. The lowest BCUT2D eigenvalue weighted by Crippen LogP contribution is -2.38. The highest BCUT2D eigenvalue weighted by molar-refractivity contribution is 5.76. The zero-order valence-corrected chi connectivity index (χ0v) is 19.0.